The van der Waals surface area contributed by atoms with Crippen LogP contribution in [0.4, 0.5) is 13.2 Å². The number of alkyl halides is 3. The fourth-order valence-corrected chi connectivity index (χ4v) is 5.73. The number of carbonyl (C=O) groups excluding carboxylic acids is 2. The molecule has 2 fully saturated rings. The number of aryl methyl sites for hydroxylation is 1. The Morgan fingerprint density at radius 2 is 1.70 bits per heavy atom. The molecule has 1 amide bonds. The molecule has 1 aromatic heterocycles. The lowest BCUT2D eigenvalue weighted by Crippen LogP contribution is -2.49. The first-order valence-corrected chi connectivity index (χ1v) is 13.6. The molecule has 1 atom stereocenters. The molecule has 0 unspecified atom stereocenters. The van der Waals surface area contributed by atoms with Crippen LogP contribution in [0.15, 0.2) is 66.9 Å². The number of hydrogen-bond donors (Lipinski definition) is 0. The lowest BCUT2D eigenvalue weighted by molar-refractivity contribution is -0.137. The largest absolute Gasteiger partial charge is 0.460 e. The third-order valence-corrected chi connectivity index (χ3v) is 7.86. The second kappa shape index (κ2) is 11.8. The van der Waals surface area contributed by atoms with Crippen molar-refractivity contribution in [3.8, 4) is 11.1 Å². The van der Waals surface area contributed by atoms with E-state index in [-0.39, 0.29) is 17.9 Å². The summed E-state index contributed by atoms with van der Waals surface area (Å²) >= 11 is 0. The Morgan fingerprint density at radius 1 is 0.950 bits per heavy atom. The van der Waals surface area contributed by atoms with Crippen molar-refractivity contribution in [2.75, 3.05) is 26.2 Å². The van der Waals surface area contributed by atoms with Gasteiger partial charge in [0.2, 0.25) is 0 Å². The Bertz CT molecular complexity index is 1350. The molecule has 0 spiro atoms. The molecule has 0 N–H and O–H groups in total. The number of halogens is 3. The predicted octanol–water partition coefficient (Wildman–Crippen LogP) is 6.00. The Morgan fingerprint density at radius 3 is 2.40 bits per heavy atom. The smallest absolute Gasteiger partial charge is 0.416 e. The number of aromatic nitrogens is 1. The summed E-state index contributed by atoms with van der Waals surface area (Å²) in [4.78, 5) is 34.3. The van der Waals surface area contributed by atoms with Gasteiger partial charge in [-0.25, -0.2) is 4.79 Å². The standard InChI is InChI=1S/C31H32F3N3O3/c1-21-17-24(23-9-5-10-25(18-23)31(32,33)34)19-35-28(21)29(38)36-15-12-26(13-16-36)37-14-6-11-27(37)20-40-30(39)22-7-3-2-4-8-22/h2-5,7-10,17-19,26-27H,6,11-16,20H2,1H3/t27-/m0/s1. The Kier molecular flexibility index (Phi) is 8.21. The van der Waals surface area contributed by atoms with Crippen molar-refractivity contribution in [2.45, 2.75) is 50.9 Å². The third-order valence-electron chi connectivity index (χ3n) is 7.86. The summed E-state index contributed by atoms with van der Waals surface area (Å²) in [6, 6.07) is 16.3. The van der Waals surface area contributed by atoms with Crippen LogP contribution < -0.4 is 0 Å². The minimum Gasteiger partial charge on any atom is -0.460 e. The monoisotopic (exact) mass is 551 g/mol. The molecule has 2 aliphatic rings. The van der Waals surface area contributed by atoms with Crippen LogP contribution in [0.2, 0.25) is 0 Å². The van der Waals surface area contributed by atoms with E-state index in [1.165, 1.54) is 12.3 Å². The SMILES string of the molecule is Cc1cc(-c2cccc(C(F)(F)F)c2)cnc1C(=O)N1CCC(N2CCC[C@H]2COC(=O)c2ccccc2)CC1. The van der Waals surface area contributed by atoms with Gasteiger partial charge in [0.25, 0.3) is 5.91 Å². The normalized spacial score (nSPS) is 18.6. The molecule has 6 nitrogen and oxygen atoms in total. The molecule has 2 aliphatic heterocycles. The molecule has 3 heterocycles. The number of pyridine rings is 1. The highest BCUT2D eigenvalue weighted by Crippen LogP contribution is 2.33. The van der Waals surface area contributed by atoms with Crippen molar-refractivity contribution in [3.05, 3.63) is 89.2 Å². The number of likely N-dealkylation sites (tertiary alicyclic amines) is 2. The maximum absolute atomic E-state index is 13.3. The lowest BCUT2D eigenvalue weighted by atomic mass is 10.00. The second-order valence-corrected chi connectivity index (χ2v) is 10.5. The van der Waals surface area contributed by atoms with Gasteiger partial charge in [0.1, 0.15) is 12.3 Å². The van der Waals surface area contributed by atoms with E-state index in [0.717, 1.165) is 44.4 Å². The van der Waals surface area contributed by atoms with E-state index in [9.17, 15) is 22.8 Å². The number of piperidine rings is 1. The van der Waals surface area contributed by atoms with Gasteiger partial charge < -0.3 is 9.64 Å². The summed E-state index contributed by atoms with van der Waals surface area (Å²) in [5.41, 5.74) is 1.71. The van der Waals surface area contributed by atoms with Crippen LogP contribution in [-0.4, -0.2) is 65.0 Å². The highest BCUT2D eigenvalue weighted by Gasteiger charge is 2.35. The van der Waals surface area contributed by atoms with Gasteiger partial charge in [-0.1, -0.05) is 30.3 Å². The van der Waals surface area contributed by atoms with Crippen LogP contribution in [-0.2, 0) is 10.9 Å². The number of hydrogen-bond acceptors (Lipinski definition) is 5. The van der Waals surface area contributed by atoms with Gasteiger partial charge in [0.15, 0.2) is 0 Å². The van der Waals surface area contributed by atoms with E-state index in [1.807, 2.05) is 18.2 Å². The number of benzene rings is 2. The first-order valence-electron chi connectivity index (χ1n) is 13.6. The van der Waals surface area contributed by atoms with E-state index in [4.69, 9.17) is 4.74 Å². The summed E-state index contributed by atoms with van der Waals surface area (Å²) in [5.74, 6) is -0.476. The summed E-state index contributed by atoms with van der Waals surface area (Å²) in [6.07, 6.45) is 0.694. The number of ether oxygens (including phenoxy) is 1. The number of rotatable bonds is 6. The van der Waals surface area contributed by atoms with Crippen LogP contribution in [0.1, 0.15) is 57.7 Å². The Hall–Kier alpha value is -3.72. The fourth-order valence-electron chi connectivity index (χ4n) is 5.73. The van der Waals surface area contributed by atoms with Gasteiger partial charge in [-0.15, -0.1) is 0 Å². The highest BCUT2D eigenvalue weighted by molar-refractivity contribution is 5.94. The molecule has 3 aromatic rings. The predicted molar refractivity (Wildman–Crippen MR) is 145 cm³/mol. The maximum Gasteiger partial charge on any atom is 0.416 e. The Labute approximate surface area is 231 Å². The van der Waals surface area contributed by atoms with Crippen molar-refractivity contribution in [1.29, 1.82) is 0 Å². The van der Waals surface area contributed by atoms with Gasteiger partial charge in [-0.2, -0.15) is 13.2 Å². The van der Waals surface area contributed by atoms with Crippen LogP contribution in [0.5, 0.6) is 0 Å². The summed E-state index contributed by atoms with van der Waals surface area (Å²) in [7, 11) is 0. The van der Waals surface area contributed by atoms with E-state index >= 15 is 0 Å². The minimum atomic E-state index is -4.43. The molecule has 0 radical (unpaired) electrons. The molecule has 0 aliphatic carbocycles. The molecule has 2 saturated heterocycles. The molecular weight excluding hydrogens is 519 g/mol. The van der Waals surface area contributed by atoms with Crippen molar-refractivity contribution >= 4 is 11.9 Å². The van der Waals surface area contributed by atoms with Gasteiger partial charge >= 0.3 is 12.1 Å². The zero-order valence-corrected chi connectivity index (χ0v) is 22.4. The average Bonchev–Trinajstić information content (AvgIpc) is 3.44. The van der Waals surface area contributed by atoms with Gasteiger partial charge in [-0.05, 0) is 80.6 Å². The summed E-state index contributed by atoms with van der Waals surface area (Å²) in [6.45, 7) is 4.24. The van der Waals surface area contributed by atoms with Crippen LogP contribution >= 0.6 is 0 Å². The number of esters is 1. The highest BCUT2D eigenvalue weighted by atomic mass is 19.4. The quantitative estimate of drug-likeness (QED) is 0.352. The molecular formula is C31H32F3N3O3. The molecule has 5 rings (SSSR count). The van der Waals surface area contributed by atoms with Crippen molar-refractivity contribution in [2.24, 2.45) is 0 Å². The topological polar surface area (TPSA) is 62.7 Å². The lowest BCUT2D eigenvalue weighted by Gasteiger charge is -2.39. The second-order valence-electron chi connectivity index (χ2n) is 10.5. The molecule has 0 saturated carbocycles. The first-order chi connectivity index (χ1) is 19.2. The fraction of sp³-hybridized carbons (Fsp3) is 0.387. The van der Waals surface area contributed by atoms with Gasteiger partial charge in [0.05, 0.1) is 11.1 Å². The van der Waals surface area contributed by atoms with Gasteiger partial charge in [0, 0.05) is 36.9 Å². The summed E-state index contributed by atoms with van der Waals surface area (Å²) in [5, 5.41) is 0. The molecule has 0 bridgehead atoms. The zero-order chi connectivity index (χ0) is 28.3. The Balaban J connectivity index is 1.17. The molecule has 40 heavy (non-hydrogen) atoms. The average molecular weight is 552 g/mol. The van der Waals surface area contributed by atoms with Crippen LogP contribution in [0, 0.1) is 6.92 Å². The third kappa shape index (κ3) is 6.20. The van der Waals surface area contributed by atoms with Gasteiger partial charge in [-0.3, -0.25) is 14.7 Å². The van der Waals surface area contributed by atoms with Crippen molar-refractivity contribution in [1.82, 2.24) is 14.8 Å². The number of amides is 1. The van der Waals surface area contributed by atoms with Crippen LogP contribution in [0.3, 0.4) is 0 Å². The van der Waals surface area contributed by atoms with Crippen LogP contribution in [0.25, 0.3) is 11.1 Å². The molecule has 2 aromatic carbocycles. The van der Waals surface area contributed by atoms with E-state index < -0.39 is 11.7 Å². The van der Waals surface area contributed by atoms with E-state index in [0.29, 0.717) is 53.7 Å². The van der Waals surface area contributed by atoms with Crippen molar-refractivity contribution < 1.29 is 27.5 Å². The number of carbonyl (C=O) groups is 2. The minimum absolute atomic E-state index is 0.165. The summed E-state index contributed by atoms with van der Waals surface area (Å²) < 4.78 is 45.0. The van der Waals surface area contributed by atoms with E-state index in [1.54, 1.807) is 36.1 Å². The molecule has 210 valence electrons. The number of nitrogens with zero attached hydrogens (tertiary/aromatic N) is 3. The van der Waals surface area contributed by atoms with E-state index in [2.05, 4.69) is 9.88 Å². The maximum atomic E-state index is 13.3. The first kappa shape index (κ1) is 27.8. The zero-order valence-electron chi connectivity index (χ0n) is 22.4. The molecule has 9 heteroatoms. The van der Waals surface area contributed by atoms with Crippen molar-refractivity contribution in [3.63, 3.8) is 0 Å².